The molecule has 4 aromatic rings. The zero-order valence-corrected chi connectivity index (χ0v) is 18.2. The fourth-order valence-electron chi connectivity index (χ4n) is 3.77. The first-order valence-corrected chi connectivity index (χ1v) is 10.4. The summed E-state index contributed by atoms with van der Waals surface area (Å²) in [6.07, 6.45) is 0. The minimum atomic E-state index is 0.407. The van der Waals surface area contributed by atoms with Crippen LogP contribution in [0.15, 0.2) is 97.1 Å². The molecule has 0 aliphatic carbocycles. The van der Waals surface area contributed by atoms with E-state index in [1.807, 2.05) is 0 Å². The van der Waals surface area contributed by atoms with Crippen LogP contribution in [0.2, 0.25) is 0 Å². The molecule has 0 atom stereocenters. The molecule has 4 aromatic carbocycles. The highest BCUT2D eigenvalue weighted by Gasteiger charge is 2.37. The molecule has 0 heterocycles. The van der Waals surface area contributed by atoms with Crippen molar-refractivity contribution in [3.8, 4) is 0 Å². The van der Waals surface area contributed by atoms with Gasteiger partial charge in [-0.3, -0.25) is 0 Å². The summed E-state index contributed by atoms with van der Waals surface area (Å²) in [5, 5.41) is 0. The fraction of sp³-hybridized carbons (Fsp3) is 0.143. The first kappa shape index (κ1) is 19.9. The van der Waals surface area contributed by atoms with Gasteiger partial charge in [0, 0.05) is 36.4 Å². The van der Waals surface area contributed by atoms with Crippen LogP contribution in [0.5, 0.6) is 0 Å². The lowest BCUT2D eigenvalue weighted by atomic mass is 10.1. The Hall–Kier alpha value is -3.36. The first-order chi connectivity index (χ1) is 14.5. The topological polar surface area (TPSA) is 12.0 Å². The van der Waals surface area contributed by atoms with Gasteiger partial charge in [0.2, 0.25) is 0 Å². The van der Waals surface area contributed by atoms with E-state index in [9.17, 15) is 0 Å². The molecule has 1 N–H and O–H groups in total. The van der Waals surface area contributed by atoms with Gasteiger partial charge in [-0.15, -0.1) is 4.59 Å². The maximum Gasteiger partial charge on any atom is 0.167 e. The monoisotopic (exact) mass is 393 g/mol. The average Bonchev–Trinajstić information content (AvgIpc) is 2.75. The third-order valence-corrected chi connectivity index (χ3v) is 5.61. The number of hydrogen-bond acceptors (Lipinski definition) is 1. The van der Waals surface area contributed by atoms with Crippen LogP contribution in [-0.4, -0.2) is 0 Å². The Labute approximate surface area is 180 Å². The zero-order valence-electron chi connectivity index (χ0n) is 18.2. The van der Waals surface area contributed by atoms with Crippen LogP contribution < -0.4 is 10.0 Å². The van der Waals surface area contributed by atoms with E-state index in [1.165, 1.54) is 22.3 Å². The molecule has 30 heavy (non-hydrogen) atoms. The molecule has 4 rings (SSSR count). The molecule has 0 fully saturated rings. The zero-order chi connectivity index (χ0) is 21.1. The maximum atomic E-state index is 3.86. The van der Waals surface area contributed by atoms with Gasteiger partial charge in [-0.2, -0.15) is 0 Å². The van der Waals surface area contributed by atoms with Gasteiger partial charge in [0.1, 0.15) is 0 Å². The number of aryl methyl sites for hydroxylation is 4. The van der Waals surface area contributed by atoms with E-state index in [-0.39, 0.29) is 0 Å². The van der Waals surface area contributed by atoms with Crippen LogP contribution in [-0.2, 0) is 0 Å². The predicted molar refractivity (Wildman–Crippen MR) is 129 cm³/mol. The van der Waals surface area contributed by atoms with E-state index in [0.29, 0.717) is 4.59 Å². The molecule has 0 bridgehead atoms. The lowest BCUT2D eigenvalue weighted by Gasteiger charge is -2.37. The molecule has 0 unspecified atom stereocenters. The van der Waals surface area contributed by atoms with E-state index < -0.39 is 0 Å². The van der Waals surface area contributed by atoms with Crippen LogP contribution in [0.1, 0.15) is 22.3 Å². The number of nitrogens with zero attached hydrogens (tertiary/aromatic N) is 1. The van der Waals surface area contributed by atoms with Crippen LogP contribution >= 0.6 is 0 Å². The second-order valence-corrected chi connectivity index (χ2v) is 8.16. The van der Waals surface area contributed by atoms with Gasteiger partial charge >= 0.3 is 0 Å². The molecule has 2 nitrogen and oxygen atoms in total. The van der Waals surface area contributed by atoms with Crippen LogP contribution in [0.4, 0.5) is 22.7 Å². The minimum absolute atomic E-state index is 0.407. The number of anilines is 1. The summed E-state index contributed by atoms with van der Waals surface area (Å²) in [5.41, 5.74) is 13.4. The minimum Gasteiger partial charge on any atom is -0.221 e. The highest BCUT2D eigenvalue weighted by molar-refractivity contribution is 5.75. The summed E-state index contributed by atoms with van der Waals surface area (Å²) in [7, 11) is 0. The smallest absolute Gasteiger partial charge is 0.167 e. The highest BCUT2D eigenvalue weighted by Crippen LogP contribution is 2.44. The van der Waals surface area contributed by atoms with Crippen LogP contribution in [0, 0.1) is 27.7 Å². The van der Waals surface area contributed by atoms with Crippen molar-refractivity contribution >= 4 is 22.7 Å². The molecule has 0 amide bonds. The SMILES string of the molecule is Cc1ccc(N[N+](c2ccc(C)cc2)(c2ccc(C)cc2)c2ccc(C)cc2)cc1. The van der Waals surface area contributed by atoms with Crippen molar-refractivity contribution in [3.05, 3.63) is 119 Å². The van der Waals surface area contributed by atoms with Gasteiger partial charge in [0.05, 0.1) is 5.69 Å². The molecular weight excluding hydrogens is 364 g/mol. The normalized spacial score (nSPS) is 11.3. The largest absolute Gasteiger partial charge is 0.221 e. The van der Waals surface area contributed by atoms with Crippen molar-refractivity contribution < 1.29 is 0 Å². The van der Waals surface area contributed by atoms with Gasteiger partial charge in [-0.25, -0.2) is 5.43 Å². The molecule has 0 saturated heterocycles. The molecule has 0 aliphatic heterocycles. The van der Waals surface area contributed by atoms with Crippen molar-refractivity contribution in [2.75, 3.05) is 5.43 Å². The summed E-state index contributed by atoms with van der Waals surface area (Å²) in [4.78, 5) is 0. The van der Waals surface area contributed by atoms with Gasteiger partial charge in [-0.1, -0.05) is 70.8 Å². The Morgan fingerprint density at radius 3 is 0.967 bits per heavy atom. The van der Waals surface area contributed by atoms with Crippen molar-refractivity contribution in [2.24, 2.45) is 0 Å². The van der Waals surface area contributed by atoms with Gasteiger partial charge in [-0.05, 0) is 39.8 Å². The van der Waals surface area contributed by atoms with Crippen molar-refractivity contribution in [2.45, 2.75) is 27.7 Å². The highest BCUT2D eigenvalue weighted by atomic mass is 15.7. The second-order valence-electron chi connectivity index (χ2n) is 8.16. The number of quaternary nitrogens is 1. The standard InChI is InChI=1S/C28H29N2/c1-21-5-13-25(14-6-21)29-30(26-15-7-22(2)8-16-26,27-17-9-23(3)10-18-27)28-19-11-24(4)12-20-28/h5-20,29H,1-4H3/q+1. The van der Waals surface area contributed by atoms with E-state index in [4.69, 9.17) is 0 Å². The number of benzene rings is 4. The molecule has 0 aromatic heterocycles. The van der Waals surface area contributed by atoms with Gasteiger partial charge in [0.25, 0.3) is 0 Å². The average molecular weight is 394 g/mol. The van der Waals surface area contributed by atoms with Crippen molar-refractivity contribution in [1.29, 1.82) is 0 Å². The van der Waals surface area contributed by atoms with E-state index in [1.54, 1.807) is 0 Å². The van der Waals surface area contributed by atoms with E-state index >= 15 is 0 Å². The molecule has 2 heteroatoms. The summed E-state index contributed by atoms with van der Waals surface area (Å²) in [6.45, 7) is 8.50. The van der Waals surface area contributed by atoms with E-state index in [2.05, 4.69) is 130 Å². The Morgan fingerprint density at radius 2 is 0.667 bits per heavy atom. The molecule has 0 aliphatic rings. The molecular formula is C28H29N2+. The Bertz CT molecular complexity index is 996. The lowest BCUT2D eigenvalue weighted by Crippen LogP contribution is -2.44. The van der Waals surface area contributed by atoms with E-state index in [0.717, 1.165) is 22.7 Å². The van der Waals surface area contributed by atoms with Crippen LogP contribution in [0.25, 0.3) is 0 Å². The first-order valence-electron chi connectivity index (χ1n) is 10.4. The lowest BCUT2D eigenvalue weighted by molar-refractivity contribution is 0.614. The second kappa shape index (κ2) is 8.17. The van der Waals surface area contributed by atoms with Crippen molar-refractivity contribution in [3.63, 3.8) is 0 Å². The molecule has 0 saturated carbocycles. The Kier molecular flexibility index (Phi) is 5.43. The van der Waals surface area contributed by atoms with Gasteiger partial charge in [0.15, 0.2) is 17.1 Å². The quantitative estimate of drug-likeness (QED) is 0.268. The predicted octanol–water partition coefficient (Wildman–Crippen LogP) is 7.92. The number of rotatable bonds is 5. The Balaban J connectivity index is 2.00. The molecule has 0 spiro atoms. The van der Waals surface area contributed by atoms with Gasteiger partial charge < -0.3 is 0 Å². The number of nitrogens with one attached hydrogen (secondary N) is 1. The number of hydrogen-bond donors (Lipinski definition) is 1. The summed E-state index contributed by atoms with van der Waals surface area (Å²) < 4.78 is 0.407. The maximum absolute atomic E-state index is 3.86. The third kappa shape index (κ3) is 3.87. The summed E-state index contributed by atoms with van der Waals surface area (Å²) in [6, 6.07) is 35.0. The summed E-state index contributed by atoms with van der Waals surface area (Å²) in [5.74, 6) is 0. The Morgan fingerprint density at radius 1 is 0.400 bits per heavy atom. The third-order valence-electron chi connectivity index (χ3n) is 5.61. The molecule has 150 valence electrons. The molecule has 0 radical (unpaired) electrons. The fourth-order valence-corrected chi connectivity index (χ4v) is 3.77. The van der Waals surface area contributed by atoms with Crippen molar-refractivity contribution in [1.82, 2.24) is 4.59 Å². The summed E-state index contributed by atoms with van der Waals surface area (Å²) >= 11 is 0. The van der Waals surface area contributed by atoms with Crippen LogP contribution in [0.3, 0.4) is 0 Å².